The van der Waals surface area contributed by atoms with Crippen molar-refractivity contribution in [3.05, 3.63) is 42.5 Å². The summed E-state index contributed by atoms with van der Waals surface area (Å²) >= 11 is 1.52. The van der Waals surface area contributed by atoms with Gasteiger partial charge in [0, 0.05) is 39.6 Å². The summed E-state index contributed by atoms with van der Waals surface area (Å²) in [5, 5.41) is 4.07. The number of nitrogens with zero attached hydrogens (tertiary/aromatic N) is 3. The second-order valence-corrected chi connectivity index (χ2v) is 10.8. The van der Waals surface area contributed by atoms with Crippen LogP contribution in [0.3, 0.4) is 0 Å². The maximum atomic E-state index is 13.9. The Bertz CT molecular complexity index is 1230. The van der Waals surface area contributed by atoms with Gasteiger partial charge in [-0.3, -0.25) is 0 Å². The molecule has 31 heavy (non-hydrogen) atoms. The van der Waals surface area contributed by atoms with E-state index in [1.165, 1.54) is 30.2 Å². The van der Waals surface area contributed by atoms with Crippen LogP contribution in [0.25, 0.3) is 10.9 Å². The molecule has 0 unspecified atom stereocenters. The fraction of sp³-hybridized carbons (Fsp3) is 0.333. The summed E-state index contributed by atoms with van der Waals surface area (Å²) in [5.74, 6) is 0.579. The van der Waals surface area contributed by atoms with E-state index in [-0.39, 0.29) is 11.9 Å². The third-order valence-corrected chi connectivity index (χ3v) is 6.02. The number of ether oxygens (including phenoxy) is 2. The molecule has 0 radical (unpaired) electrons. The first-order valence-corrected chi connectivity index (χ1v) is 13.2. The van der Waals surface area contributed by atoms with Crippen molar-refractivity contribution in [3.8, 4) is 5.75 Å². The Labute approximate surface area is 185 Å². The molecule has 2 aromatic carbocycles. The zero-order valence-electron chi connectivity index (χ0n) is 17.4. The monoisotopic (exact) mass is 462 g/mol. The molecule has 7 nitrogen and oxygen atoms in total. The van der Waals surface area contributed by atoms with E-state index in [1.807, 2.05) is 12.3 Å². The van der Waals surface area contributed by atoms with Crippen molar-refractivity contribution < 1.29 is 18.1 Å². The molecule has 1 saturated heterocycles. The van der Waals surface area contributed by atoms with Crippen LogP contribution in [0.5, 0.6) is 5.75 Å². The smallest absolute Gasteiger partial charge is 0.146 e. The van der Waals surface area contributed by atoms with Crippen LogP contribution in [0.1, 0.15) is 6.42 Å². The molecule has 10 heteroatoms. The molecule has 0 saturated carbocycles. The first kappa shape index (κ1) is 21.8. The van der Waals surface area contributed by atoms with Crippen LogP contribution >= 0.6 is 11.8 Å². The summed E-state index contributed by atoms with van der Waals surface area (Å²) in [6.07, 6.45) is 7.21. The fourth-order valence-electron chi connectivity index (χ4n) is 3.31. The highest BCUT2D eigenvalue weighted by Crippen LogP contribution is 2.37. The van der Waals surface area contributed by atoms with Crippen molar-refractivity contribution in [2.24, 2.45) is 4.36 Å². The molecule has 4 rings (SSSR count). The van der Waals surface area contributed by atoms with Gasteiger partial charge in [-0.2, -0.15) is 4.36 Å². The molecule has 1 aromatic heterocycles. The average Bonchev–Trinajstić information content (AvgIpc) is 3.21. The minimum absolute atomic E-state index is 0.117. The lowest BCUT2D eigenvalue weighted by molar-refractivity contribution is 0.141. The van der Waals surface area contributed by atoms with Crippen molar-refractivity contribution in [1.82, 2.24) is 9.97 Å². The van der Waals surface area contributed by atoms with E-state index >= 15 is 0 Å². The molecule has 0 spiro atoms. The standard InChI is InChI=1S/C21H23FN4O3S2/c1-30-19-10-14(26-31(2,3)27)9-17-20(19)21(24-12-23-17)25-16-5-4-13(22)8-18(16)29-15-6-7-28-11-15/h4-5,8-10,12,15H,6-7,11H2,1-3H3,(H,23,24,25)/t15-/m0/s1. The van der Waals surface area contributed by atoms with Gasteiger partial charge in [-0.05, 0) is 30.5 Å². The van der Waals surface area contributed by atoms with Gasteiger partial charge in [-0.15, -0.1) is 11.8 Å². The predicted molar refractivity (Wildman–Crippen MR) is 123 cm³/mol. The first-order valence-electron chi connectivity index (χ1n) is 9.63. The Hall–Kier alpha value is -2.43. The lowest BCUT2D eigenvalue weighted by atomic mass is 10.2. The van der Waals surface area contributed by atoms with Gasteiger partial charge in [-0.25, -0.2) is 18.6 Å². The fourth-order valence-corrected chi connectivity index (χ4v) is 4.57. The molecule has 1 fully saturated rings. The van der Waals surface area contributed by atoms with Crippen molar-refractivity contribution in [2.75, 3.05) is 37.3 Å². The Balaban J connectivity index is 1.76. The van der Waals surface area contributed by atoms with Gasteiger partial charge in [0.15, 0.2) is 0 Å². The molecule has 1 N–H and O–H groups in total. The summed E-state index contributed by atoms with van der Waals surface area (Å²) in [6, 6.07) is 8.00. The summed E-state index contributed by atoms with van der Waals surface area (Å²) in [6.45, 7) is 1.11. The molecule has 3 aromatic rings. The summed E-state index contributed by atoms with van der Waals surface area (Å²) in [4.78, 5) is 9.68. The minimum Gasteiger partial charge on any atom is -0.486 e. The molecule has 1 aliphatic rings. The van der Waals surface area contributed by atoms with Crippen molar-refractivity contribution in [2.45, 2.75) is 17.4 Å². The number of fused-ring (bicyclic) bond motifs is 1. The second kappa shape index (κ2) is 8.97. The number of thioether (sulfide) groups is 1. The average molecular weight is 463 g/mol. The zero-order chi connectivity index (χ0) is 22.0. The molecule has 2 heterocycles. The summed E-state index contributed by atoms with van der Waals surface area (Å²) in [5.41, 5.74) is 1.86. The predicted octanol–water partition coefficient (Wildman–Crippen LogP) is 4.76. The molecular formula is C21H23FN4O3S2. The maximum Gasteiger partial charge on any atom is 0.146 e. The van der Waals surface area contributed by atoms with E-state index in [2.05, 4.69) is 19.6 Å². The third-order valence-electron chi connectivity index (χ3n) is 4.61. The van der Waals surface area contributed by atoms with Crippen LogP contribution in [0.2, 0.25) is 0 Å². The van der Waals surface area contributed by atoms with E-state index in [1.54, 1.807) is 24.6 Å². The van der Waals surface area contributed by atoms with E-state index in [0.717, 1.165) is 16.7 Å². The molecule has 164 valence electrons. The number of nitrogens with one attached hydrogen (secondary N) is 1. The highest BCUT2D eigenvalue weighted by atomic mass is 32.2. The number of benzene rings is 2. The molecule has 0 bridgehead atoms. The summed E-state index contributed by atoms with van der Waals surface area (Å²) in [7, 11) is -2.31. The van der Waals surface area contributed by atoms with E-state index in [9.17, 15) is 8.60 Å². The number of hydrogen-bond acceptors (Lipinski definition) is 8. The molecule has 1 aliphatic heterocycles. The molecule has 0 aliphatic carbocycles. The zero-order valence-corrected chi connectivity index (χ0v) is 19.1. The normalized spacial score (nSPS) is 16.5. The Morgan fingerprint density at radius 1 is 1.29 bits per heavy atom. The molecule has 1 atom stereocenters. The summed E-state index contributed by atoms with van der Waals surface area (Å²) < 4.78 is 41.7. The number of hydrogen-bond donors (Lipinski definition) is 1. The molecular weight excluding hydrogens is 439 g/mol. The minimum atomic E-state index is -2.31. The van der Waals surface area contributed by atoms with Gasteiger partial charge in [0.1, 0.15) is 29.8 Å². The Morgan fingerprint density at radius 3 is 2.84 bits per heavy atom. The Morgan fingerprint density at radius 2 is 2.13 bits per heavy atom. The van der Waals surface area contributed by atoms with E-state index in [0.29, 0.717) is 41.7 Å². The highest BCUT2D eigenvalue weighted by molar-refractivity contribution is 7.98. The number of rotatable bonds is 6. The van der Waals surface area contributed by atoms with Crippen molar-refractivity contribution in [3.63, 3.8) is 0 Å². The van der Waals surface area contributed by atoms with Gasteiger partial charge in [0.05, 0.1) is 35.5 Å². The van der Waals surface area contributed by atoms with Crippen LogP contribution in [0.4, 0.5) is 21.6 Å². The van der Waals surface area contributed by atoms with Crippen molar-refractivity contribution in [1.29, 1.82) is 0 Å². The van der Waals surface area contributed by atoms with Crippen LogP contribution < -0.4 is 10.1 Å². The van der Waals surface area contributed by atoms with E-state index < -0.39 is 9.73 Å². The Kier molecular flexibility index (Phi) is 6.31. The number of anilines is 2. The van der Waals surface area contributed by atoms with Gasteiger partial charge < -0.3 is 14.8 Å². The van der Waals surface area contributed by atoms with Crippen LogP contribution in [0, 0.1) is 5.82 Å². The van der Waals surface area contributed by atoms with Crippen LogP contribution in [-0.2, 0) is 14.5 Å². The quantitative estimate of drug-likeness (QED) is 0.529. The number of aromatic nitrogens is 2. The van der Waals surface area contributed by atoms with Gasteiger partial charge in [0.25, 0.3) is 0 Å². The van der Waals surface area contributed by atoms with E-state index in [4.69, 9.17) is 9.47 Å². The van der Waals surface area contributed by atoms with Crippen molar-refractivity contribution >= 4 is 49.6 Å². The third kappa shape index (κ3) is 5.25. The topological polar surface area (TPSA) is 85.7 Å². The van der Waals surface area contributed by atoms with Gasteiger partial charge in [-0.1, -0.05) is 0 Å². The maximum absolute atomic E-state index is 13.9. The number of halogens is 1. The largest absolute Gasteiger partial charge is 0.486 e. The lowest BCUT2D eigenvalue weighted by Crippen LogP contribution is -2.16. The van der Waals surface area contributed by atoms with Gasteiger partial charge in [0.2, 0.25) is 0 Å². The first-order chi connectivity index (χ1) is 14.8. The second-order valence-electron chi connectivity index (χ2n) is 7.41. The van der Waals surface area contributed by atoms with Crippen LogP contribution in [-0.4, -0.2) is 52.3 Å². The lowest BCUT2D eigenvalue weighted by Gasteiger charge is -2.17. The molecule has 0 amide bonds. The SMILES string of the molecule is CSc1cc(N=S(C)(C)=O)cc2ncnc(Nc3ccc(F)cc3O[C@H]3CCOC3)c12. The van der Waals surface area contributed by atoms with Crippen LogP contribution in [0.15, 0.2) is 45.9 Å². The highest BCUT2D eigenvalue weighted by Gasteiger charge is 2.20. The van der Waals surface area contributed by atoms with Gasteiger partial charge >= 0.3 is 0 Å².